The van der Waals surface area contributed by atoms with Gasteiger partial charge in [0.25, 0.3) is 5.91 Å². The Morgan fingerprint density at radius 3 is 2.14 bits per heavy atom. The molecular formula is C16H18FN3O. The van der Waals surface area contributed by atoms with Crippen molar-refractivity contribution in [3.8, 4) is 0 Å². The number of carbonyl (C=O) groups is 1. The fraction of sp³-hybridized carbons (Fsp3) is 0.312. The van der Waals surface area contributed by atoms with E-state index in [9.17, 15) is 9.18 Å². The molecule has 2 aromatic rings. The maximum absolute atomic E-state index is 13.6. The summed E-state index contributed by atoms with van der Waals surface area (Å²) in [6, 6.07) is 3.06. The summed E-state index contributed by atoms with van der Waals surface area (Å²) in [6.07, 6.45) is 3.15. The first-order valence-electron chi connectivity index (χ1n) is 6.78. The lowest BCUT2D eigenvalue weighted by Gasteiger charge is -2.09. The molecule has 0 atom stereocenters. The number of anilines is 1. The van der Waals surface area contributed by atoms with Crippen LogP contribution in [0, 0.1) is 19.7 Å². The number of aryl methyl sites for hydroxylation is 2. The molecule has 0 radical (unpaired) electrons. The van der Waals surface area contributed by atoms with Crippen molar-refractivity contribution in [1.29, 1.82) is 0 Å². The highest BCUT2D eigenvalue weighted by molar-refractivity contribution is 6.04. The maximum Gasteiger partial charge on any atom is 0.255 e. The molecule has 1 aromatic heterocycles. The van der Waals surface area contributed by atoms with Gasteiger partial charge in [-0.3, -0.25) is 4.79 Å². The number of nitrogens with one attached hydrogen (secondary N) is 1. The summed E-state index contributed by atoms with van der Waals surface area (Å²) in [5, 5.41) is 2.71. The second-order valence-corrected chi connectivity index (χ2v) is 5.36. The first-order chi connectivity index (χ1) is 9.88. The number of hydrogen-bond donors (Lipinski definition) is 1. The maximum atomic E-state index is 13.6. The van der Waals surface area contributed by atoms with Gasteiger partial charge < -0.3 is 5.32 Å². The summed E-state index contributed by atoms with van der Waals surface area (Å²) in [5.74, 6) is 0.372. The van der Waals surface area contributed by atoms with Crippen LogP contribution in [0.3, 0.4) is 0 Å². The Morgan fingerprint density at radius 2 is 1.67 bits per heavy atom. The molecule has 0 unspecified atom stereocenters. The number of halogens is 1. The van der Waals surface area contributed by atoms with Crippen molar-refractivity contribution >= 4 is 11.6 Å². The Balaban J connectivity index is 2.18. The van der Waals surface area contributed by atoms with Crippen LogP contribution in [0.5, 0.6) is 0 Å². The second-order valence-electron chi connectivity index (χ2n) is 5.36. The van der Waals surface area contributed by atoms with Gasteiger partial charge in [0.2, 0.25) is 0 Å². The van der Waals surface area contributed by atoms with Gasteiger partial charge in [0.05, 0.1) is 18.1 Å². The molecule has 2 rings (SSSR count). The van der Waals surface area contributed by atoms with Crippen molar-refractivity contribution in [1.82, 2.24) is 9.97 Å². The summed E-state index contributed by atoms with van der Waals surface area (Å²) in [7, 11) is 0. The fourth-order valence-corrected chi connectivity index (χ4v) is 1.98. The zero-order valence-electron chi connectivity index (χ0n) is 12.6. The van der Waals surface area contributed by atoms with E-state index in [1.54, 1.807) is 26.2 Å². The SMILES string of the molecule is Cc1cc(C(=O)Nc2cnc(C(C)C)nc2)cc(C)c1F. The topological polar surface area (TPSA) is 54.9 Å². The molecule has 5 heteroatoms. The van der Waals surface area contributed by atoms with Crippen LogP contribution < -0.4 is 5.32 Å². The van der Waals surface area contributed by atoms with E-state index in [1.807, 2.05) is 13.8 Å². The van der Waals surface area contributed by atoms with Gasteiger partial charge >= 0.3 is 0 Å². The van der Waals surface area contributed by atoms with Crippen molar-refractivity contribution in [2.75, 3.05) is 5.32 Å². The molecule has 0 aliphatic carbocycles. The lowest BCUT2D eigenvalue weighted by atomic mass is 10.1. The van der Waals surface area contributed by atoms with E-state index in [0.717, 1.165) is 5.82 Å². The molecule has 110 valence electrons. The Bertz CT molecular complexity index is 643. The molecule has 0 aliphatic heterocycles. The molecule has 0 saturated heterocycles. The van der Waals surface area contributed by atoms with Crippen LogP contribution in [-0.4, -0.2) is 15.9 Å². The quantitative estimate of drug-likeness (QED) is 0.938. The Hall–Kier alpha value is -2.30. The Kier molecular flexibility index (Phi) is 4.31. The van der Waals surface area contributed by atoms with Gasteiger partial charge in [0.1, 0.15) is 11.6 Å². The van der Waals surface area contributed by atoms with E-state index in [-0.39, 0.29) is 17.6 Å². The zero-order chi connectivity index (χ0) is 15.6. The molecular weight excluding hydrogens is 269 g/mol. The monoisotopic (exact) mass is 287 g/mol. The highest BCUT2D eigenvalue weighted by atomic mass is 19.1. The normalized spacial score (nSPS) is 10.8. The summed E-state index contributed by atoms with van der Waals surface area (Å²) in [5.41, 5.74) is 1.83. The predicted molar refractivity (Wildman–Crippen MR) is 79.9 cm³/mol. The van der Waals surface area contributed by atoms with Crippen molar-refractivity contribution in [2.45, 2.75) is 33.6 Å². The van der Waals surface area contributed by atoms with Gasteiger partial charge in [-0.15, -0.1) is 0 Å². The number of hydrogen-bond acceptors (Lipinski definition) is 3. The largest absolute Gasteiger partial charge is 0.319 e. The average molecular weight is 287 g/mol. The van der Waals surface area contributed by atoms with Gasteiger partial charge in [-0.1, -0.05) is 13.8 Å². The van der Waals surface area contributed by atoms with Crippen LogP contribution in [0.1, 0.15) is 47.1 Å². The van der Waals surface area contributed by atoms with Gasteiger partial charge in [0.15, 0.2) is 0 Å². The molecule has 0 fully saturated rings. The Labute approximate surface area is 123 Å². The smallest absolute Gasteiger partial charge is 0.255 e. The van der Waals surface area contributed by atoms with Crippen LogP contribution in [0.25, 0.3) is 0 Å². The third kappa shape index (κ3) is 3.42. The molecule has 1 heterocycles. The first kappa shape index (κ1) is 15.1. The molecule has 0 saturated carbocycles. The molecule has 4 nitrogen and oxygen atoms in total. The molecule has 0 bridgehead atoms. The van der Waals surface area contributed by atoms with Gasteiger partial charge in [0, 0.05) is 11.5 Å². The van der Waals surface area contributed by atoms with Crippen molar-refractivity contribution in [2.24, 2.45) is 0 Å². The van der Waals surface area contributed by atoms with Crippen molar-refractivity contribution < 1.29 is 9.18 Å². The van der Waals surface area contributed by atoms with Crippen LogP contribution in [0.15, 0.2) is 24.5 Å². The minimum atomic E-state index is -0.304. The minimum Gasteiger partial charge on any atom is -0.319 e. The average Bonchev–Trinajstić information content (AvgIpc) is 2.44. The molecule has 0 aliphatic rings. The van der Waals surface area contributed by atoms with Gasteiger partial charge in [-0.25, -0.2) is 14.4 Å². The molecule has 0 spiro atoms. The van der Waals surface area contributed by atoms with Crippen molar-refractivity contribution in [3.63, 3.8) is 0 Å². The summed E-state index contributed by atoms with van der Waals surface area (Å²) in [4.78, 5) is 20.5. The second kappa shape index (κ2) is 5.99. The van der Waals surface area contributed by atoms with E-state index in [4.69, 9.17) is 0 Å². The van der Waals surface area contributed by atoms with E-state index in [2.05, 4.69) is 15.3 Å². The molecule has 1 N–H and O–H groups in total. The number of benzene rings is 1. The van der Waals surface area contributed by atoms with Crippen LogP contribution in [0.4, 0.5) is 10.1 Å². The molecule has 1 amide bonds. The van der Waals surface area contributed by atoms with Crippen LogP contribution in [0.2, 0.25) is 0 Å². The summed E-state index contributed by atoms with van der Waals surface area (Å²) >= 11 is 0. The third-order valence-corrected chi connectivity index (χ3v) is 3.14. The lowest BCUT2D eigenvalue weighted by Crippen LogP contribution is -2.13. The van der Waals surface area contributed by atoms with Crippen LogP contribution in [-0.2, 0) is 0 Å². The van der Waals surface area contributed by atoms with Gasteiger partial charge in [-0.2, -0.15) is 0 Å². The summed E-state index contributed by atoms with van der Waals surface area (Å²) < 4.78 is 13.6. The van der Waals surface area contributed by atoms with Crippen LogP contribution >= 0.6 is 0 Å². The molecule has 21 heavy (non-hydrogen) atoms. The number of carbonyl (C=O) groups excluding carboxylic acids is 1. The van der Waals surface area contributed by atoms with E-state index in [1.165, 1.54) is 12.1 Å². The fourth-order valence-electron chi connectivity index (χ4n) is 1.98. The van der Waals surface area contributed by atoms with Gasteiger partial charge in [-0.05, 0) is 37.1 Å². The first-order valence-corrected chi connectivity index (χ1v) is 6.78. The number of aromatic nitrogens is 2. The number of amides is 1. The van der Waals surface area contributed by atoms with E-state index >= 15 is 0 Å². The number of rotatable bonds is 3. The minimum absolute atomic E-state index is 0.233. The number of nitrogens with zero attached hydrogens (tertiary/aromatic N) is 2. The predicted octanol–water partition coefficient (Wildman–Crippen LogP) is 3.61. The molecule has 1 aromatic carbocycles. The van der Waals surface area contributed by atoms with E-state index in [0.29, 0.717) is 22.4 Å². The Morgan fingerprint density at radius 1 is 1.14 bits per heavy atom. The van der Waals surface area contributed by atoms with E-state index < -0.39 is 0 Å². The highest BCUT2D eigenvalue weighted by Gasteiger charge is 2.11. The third-order valence-electron chi connectivity index (χ3n) is 3.14. The zero-order valence-corrected chi connectivity index (χ0v) is 12.6. The highest BCUT2D eigenvalue weighted by Crippen LogP contribution is 2.16. The standard InChI is InChI=1S/C16H18FN3O/c1-9(2)15-18-7-13(8-19-15)20-16(21)12-5-10(3)14(17)11(4)6-12/h5-9H,1-4H3,(H,20,21). The van der Waals surface area contributed by atoms with Crippen molar-refractivity contribution in [3.05, 3.63) is 52.9 Å². The lowest BCUT2D eigenvalue weighted by molar-refractivity contribution is 0.102. The summed E-state index contributed by atoms with van der Waals surface area (Å²) in [6.45, 7) is 7.27.